The van der Waals surface area contributed by atoms with Crippen LogP contribution < -0.4 is 0 Å². The van der Waals surface area contributed by atoms with Crippen molar-refractivity contribution < 1.29 is 0 Å². The Kier molecular flexibility index (Phi) is 2.37. The minimum absolute atomic E-state index is 0.514. The first kappa shape index (κ1) is 10.4. The number of aryl methyl sites for hydroxylation is 1. The van der Waals surface area contributed by atoms with Gasteiger partial charge in [-0.1, -0.05) is 6.07 Å². The fourth-order valence-corrected chi connectivity index (χ4v) is 2.09. The van der Waals surface area contributed by atoms with Crippen molar-refractivity contribution in [2.45, 2.75) is 6.54 Å². The van der Waals surface area contributed by atoms with Crippen LogP contribution >= 0.6 is 11.6 Å². The lowest BCUT2D eigenvalue weighted by Crippen LogP contribution is -1.96. The van der Waals surface area contributed by atoms with E-state index < -0.39 is 0 Å². The zero-order chi connectivity index (χ0) is 11.8. The largest absolute Gasteiger partial charge is 0.333 e. The predicted molar refractivity (Wildman–Crippen MR) is 67.1 cm³/mol. The second-order valence-electron chi connectivity index (χ2n) is 4.00. The number of benzene rings is 1. The molecule has 0 atom stereocenters. The molecule has 3 aromatic rings. The van der Waals surface area contributed by atoms with Crippen molar-refractivity contribution >= 4 is 22.6 Å². The summed E-state index contributed by atoms with van der Waals surface area (Å²) in [7, 11) is 1.91. The van der Waals surface area contributed by atoms with Crippen molar-refractivity contribution in [3.05, 3.63) is 47.8 Å². The first-order valence-corrected chi connectivity index (χ1v) is 5.68. The third-order valence-corrected chi connectivity index (χ3v) is 3.15. The van der Waals surface area contributed by atoms with Crippen LogP contribution in [0.1, 0.15) is 5.56 Å². The molecule has 2 heterocycles. The molecular weight excluding hydrogens is 236 g/mol. The first-order valence-electron chi connectivity index (χ1n) is 5.30. The Morgan fingerprint density at radius 1 is 1.35 bits per heavy atom. The van der Waals surface area contributed by atoms with E-state index in [9.17, 15) is 0 Å². The monoisotopic (exact) mass is 246 g/mol. The summed E-state index contributed by atoms with van der Waals surface area (Å²) in [5, 5.41) is 0.514. The number of halogens is 1. The first-order chi connectivity index (χ1) is 8.24. The molecule has 4 nitrogen and oxygen atoms in total. The van der Waals surface area contributed by atoms with E-state index in [1.54, 1.807) is 12.5 Å². The summed E-state index contributed by atoms with van der Waals surface area (Å²) < 4.78 is 3.89. The summed E-state index contributed by atoms with van der Waals surface area (Å²) in [6.45, 7) is 0.796. The Labute approximate surface area is 103 Å². The van der Waals surface area contributed by atoms with E-state index in [1.807, 2.05) is 28.4 Å². The van der Waals surface area contributed by atoms with Gasteiger partial charge in [0.1, 0.15) is 0 Å². The van der Waals surface area contributed by atoms with Gasteiger partial charge in [0.05, 0.1) is 17.4 Å². The highest BCUT2D eigenvalue weighted by Gasteiger charge is 2.06. The Morgan fingerprint density at radius 3 is 3.00 bits per heavy atom. The predicted octanol–water partition coefficient (Wildman–Crippen LogP) is 2.47. The van der Waals surface area contributed by atoms with Gasteiger partial charge in [0.25, 0.3) is 0 Å². The molecule has 0 saturated heterocycles. The zero-order valence-corrected chi connectivity index (χ0v) is 10.1. The second kappa shape index (κ2) is 3.89. The van der Waals surface area contributed by atoms with Crippen LogP contribution in [-0.4, -0.2) is 19.1 Å². The van der Waals surface area contributed by atoms with Crippen molar-refractivity contribution in [2.75, 3.05) is 0 Å². The SMILES string of the molecule is Cn1c(Cl)nc2cc(Cn3ccnc3)ccc21. The molecule has 0 aliphatic rings. The number of hydrogen-bond acceptors (Lipinski definition) is 2. The standard InChI is InChI=1S/C12H11ClN4/c1-16-11-3-2-9(6-10(11)15-12(16)13)7-17-5-4-14-8-17/h2-6,8H,7H2,1H3. The van der Waals surface area contributed by atoms with E-state index >= 15 is 0 Å². The van der Waals surface area contributed by atoms with Crippen LogP contribution in [0, 0.1) is 0 Å². The maximum atomic E-state index is 5.98. The van der Waals surface area contributed by atoms with E-state index in [-0.39, 0.29) is 0 Å². The molecule has 0 spiro atoms. The molecule has 0 aliphatic carbocycles. The molecule has 0 aliphatic heterocycles. The molecule has 3 rings (SSSR count). The average molecular weight is 247 g/mol. The van der Waals surface area contributed by atoms with Crippen LogP contribution in [0.5, 0.6) is 0 Å². The lowest BCUT2D eigenvalue weighted by Gasteiger charge is -2.02. The molecular formula is C12H11ClN4. The van der Waals surface area contributed by atoms with E-state index in [0.717, 1.165) is 17.6 Å². The van der Waals surface area contributed by atoms with Crippen molar-refractivity contribution in [1.82, 2.24) is 19.1 Å². The number of rotatable bonds is 2. The van der Waals surface area contributed by atoms with Gasteiger partial charge in [-0.2, -0.15) is 0 Å². The van der Waals surface area contributed by atoms with Crippen LogP contribution in [0.15, 0.2) is 36.9 Å². The van der Waals surface area contributed by atoms with Gasteiger partial charge in [0.2, 0.25) is 5.28 Å². The summed E-state index contributed by atoms with van der Waals surface area (Å²) in [5.41, 5.74) is 3.16. The van der Waals surface area contributed by atoms with Crippen molar-refractivity contribution in [3.63, 3.8) is 0 Å². The van der Waals surface area contributed by atoms with Crippen molar-refractivity contribution in [3.8, 4) is 0 Å². The number of imidazole rings is 2. The van der Waals surface area contributed by atoms with Gasteiger partial charge >= 0.3 is 0 Å². The van der Waals surface area contributed by atoms with E-state index in [0.29, 0.717) is 5.28 Å². The molecule has 0 fully saturated rings. The molecule has 0 saturated carbocycles. The molecule has 1 aromatic carbocycles. The number of nitrogens with zero attached hydrogens (tertiary/aromatic N) is 4. The van der Waals surface area contributed by atoms with Crippen LogP contribution in [0.4, 0.5) is 0 Å². The van der Waals surface area contributed by atoms with Crippen LogP contribution in [0.3, 0.4) is 0 Å². The molecule has 0 bridgehead atoms. The number of fused-ring (bicyclic) bond motifs is 1. The zero-order valence-electron chi connectivity index (χ0n) is 9.34. The van der Waals surface area contributed by atoms with Gasteiger partial charge in [0.15, 0.2) is 0 Å². The normalized spacial score (nSPS) is 11.2. The molecule has 5 heteroatoms. The molecule has 0 amide bonds. The fraction of sp³-hybridized carbons (Fsp3) is 0.167. The number of aromatic nitrogens is 4. The maximum Gasteiger partial charge on any atom is 0.203 e. The van der Waals surface area contributed by atoms with Gasteiger partial charge < -0.3 is 9.13 Å². The highest BCUT2D eigenvalue weighted by molar-refractivity contribution is 6.29. The molecule has 86 valence electrons. The molecule has 2 aromatic heterocycles. The van der Waals surface area contributed by atoms with Crippen molar-refractivity contribution in [1.29, 1.82) is 0 Å². The minimum Gasteiger partial charge on any atom is -0.333 e. The Hall–Kier alpha value is -1.81. The topological polar surface area (TPSA) is 35.6 Å². The Morgan fingerprint density at radius 2 is 2.24 bits per heavy atom. The van der Waals surface area contributed by atoms with E-state index in [2.05, 4.69) is 22.1 Å². The Bertz CT molecular complexity index is 655. The van der Waals surface area contributed by atoms with Gasteiger partial charge in [-0.25, -0.2) is 9.97 Å². The number of hydrogen-bond donors (Lipinski definition) is 0. The summed E-state index contributed by atoms with van der Waals surface area (Å²) in [4.78, 5) is 8.33. The maximum absolute atomic E-state index is 5.98. The van der Waals surface area contributed by atoms with Crippen LogP contribution in [0.25, 0.3) is 11.0 Å². The third kappa shape index (κ3) is 1.80. The van der Waals surface area contributed by atoms with E-state index in [4.69, 9.17) is 11.6 Å². The quantitative estimate of drug-likeness (QED) is 0.696. The van der Waals surface area contributed by atoms with Crippen LogP contribution in [0.2, 0.25) is 5.28 Å². The molecule has 0 unspecified atom stereocenters. The minimum atomic E-state index is 0.514. The summed E-state index contributed by atoms with van der Waals surface area (Å²) in [6.07, 6.45) is 5.52. The Balaban J connectivity index is 2.02. The van der Waals surface area contributed by atoms with E-state index in [1.165, 1.54) is 5.56 Å². The highest BCUT2D eigenvalue weighted by atomic mass is 35.5. The summed E-state index contributed by atoms with van der Waals surface area (Å²) in [6, 6.07) is 6.18. The van der Waals surface area contributed by atoms with Crippen LogP contribution in [-0.2, 0) is 13.6 Å². The highest BCUT2D eigenvalue weighted by Crippen LogP contribution is 2.19. The molecule has 0 radical (unpaired) electrons. The lowest BCUT2D eigenvalue weighted by atomic mass is 10.2. The molecule has 17 heavy (non-hydrogen) atoms. The summed E-state index contributed by atoms with van der Waals surface area (Å²) in [5.74, 6) is 0. The average Bonchev–Trinajstić information content (AvgIpc) is 2.89. The fourth-order valence-electron chi connectivity index (χ4n) is 1.91. The van der Waals surface area contributed by atoms with Gasteiger partial charge in [0, 0.05) is 26.0 Å². The van der Waals surface area contributed by atoms with Gasteiger partial charge in [-0.15, -0.1) is 0 Å². The molecule has 0 N–H and O–H groups in total. The summed E-state index contributed by atoms with van der Waals surface area (Å²) >= 11 is 5.98. The smallest absolute Gasteiger partial charge is 0.203 e. The van der Waals surface area contributed by atoms with Crippen molar-refractivity contribution in [2.24, 2.45) is 7.05 Å². The lowest BCUT2D eigenvalue weighted by molar-refractivity contribution is 0.798. The second-order valence-corrected chi connectivity index (χ2v) is 4.34. The van der Waals surface area contributed by atoms with Gasteiger partial charge in [-0.3, -0.25) is 0 Å². The third-order valence-electron chi connectivity index (χ3n) is 2.82. The van der Waals surface area contributed by atoms with Gasteiger partial charge in [-0.05, 0) is 29.3 Å².